The molecule has 18 heavy (non-hydrogen) atoms. The Hall–Kier alpha value is -1.28. The fourth-order valence-electron chi connectivity index (χ4n) is 2.37. The van der Waals surface area contributed by atoms with E-state index in [4.69, 9.17) is 4.42 Å². The average molecular weight is 245 g/mol. The molecule has 1 heterocycles. The number of hydrogen-bond donors (Lipinski definition) is 1. The fourth-order valence-corrected chi connectivity index (χ4v) is 2.37. The molecule has 0 aliphatic carbocycles. The molecule has 0 aliphatic rings. The van der Waals surface area contributed by atoms with Gasteiger partial charge in [0.05, 0.1) is 6.04 Å². The summed E-state index contributed by atoms with van der Waals surface area (Å²) in [6, 6.07) is 6.78. The van der Waals surface area contributed by atoms with Crippen LogP contribution in [-0.4, -0.2) is 6.54 Å². The Kier molecular flexibility index (Phi) is 4.07. The Morgan fingerprint density at radius 3 is 2.72 bits per heavy atom. The topological polar surface area (TPSA) is 25.2 Å². The molecule has 0 saturated heterocycles. The minimum atomic E-state index is 0.280. The smallest absolute Gasteiger partial charge is 0.134 e. The van der Waals surface area contributed by atoms with Crippen molar-refractivity contribution in [3.8, 4) is 0 Å². The van der Waals surface area contributed by atoms with Crippen molar-refractivity contribution in [3.63, 3.8) is 0 Å². The van der Waals surface area contributed by atoms with Crippen molar-refractivity contribution in [1.82, 2.24) is 5.32 Å². The number of aryl methyl sites for hydroxylation is 2. The summed E-state index contributed by atoms with van der Waals surface area (Å²) < 4.78 is 5.99. The van der Waals surface area contributed by atoms with Gasteiger partial charge in [0.1, 0.15) is 11.3 Å². The molecular formula is C16H23NO. The molecule has 0 bridgehead atoms. The SMILES string of the molecule is CCCNC(C)c1oc2ccc(CC)cc2c1C. The van der Waals surface area contributed by atoms with Gasteiger partial charge < -0.3 is 9.73 Å². The van der Waals surface area contributed by atoms with E-state index in [0.29, 0.717) is 0 Å². The predicted molar refractivity (Wildman–Crippen MR) is 77.0 cm³/mol. The quantitative estimate of drug-likeness (QED) is 0.846. The van der Waals surface area contributed by atoms with Crippen molar-refractivity contribution >= 4 is 11.0 Å². The van der Waals surface area contributed by atoms with Gasteiger partial charge in [0.2, 0.25) is 0 Å². The third-order valence-electron chi connectivity index (χ3n) is 3.54. The third kappa shape index (κ3) is 2.44. The molecule has 1 aromatic carbocycles. The van der Waals surface area contributed by atoms with Gasteiger partial charge in [-0.15, -0.1) is 0 Å². The van der Waals surface area contributed by atoms with E-state index in [1.807, 2.05) is 0 Å². The summed E-state index contributed by atoms with van der Waals surface area (Å²) in [4.78, 5) is 0. The van der Waals surface area contributed by atoms with Gasteiger partial charge >= 0.3 is 0 Å². The van der Waals surface area contributed by atoms with Crippen LogP contribution in [0.15, 0.2) is 22.6 Å². The number of benzene rings is 1. The minimum Gasteiger partial charge on any atom is -0.459 e. The Bertz CT molecular complexity index is 527. The normalized spacial score (nSPS) is 13.1. The van der Waals surface area contributed by atoms with Gasteiger partial charge in [0.25, 0.3) is 0 Å². The van der Waals surface area contributed by atoms with Crippen LogP contribution < -0.4 is 5.32 Å². The number of fused-ring (bicyclic) bond motifs is 1. The highest BCUT2D eigenvalue weighted by Gasteiger charge is 2.15. The maximum Gasteiger partial charge on any atom is 0.134 e. The maximum absolute atomic E-state index is 5.99. The molecule has 0 saturated carbocycles. The Morgan fingerprint density at radius 1 is 1.28 bits per heavy atom. The number of hydrogen-bond acceptors (Lipinski definition) is 2. The first-order valence-electron chi connectivity index (χ1n) is 6.92. The largest absolute Gasteiger partial charge is 0.459 e. The van der Waals surface area contributed by atoms with Crippen LogP contribution in [-0.2, 0) is 6.42 Å². The molecular weight excluding hydrogens is 222 g/mol. The van der Waals surface area contributed by atoms with E-state index in [1.165, 1.54) is 16.5 Å². The van der Waals surface area contributed by atoms with E-state index in [9.17, 15) is 0 Å². The van der Waals surface area contributed by atoms with Crippen LogP contribution in [0.1, 0.15) is 50.1 Å². The van der Waals surface area contributed by atoms with Crippen LogP contribution in [0.3, 0.4) is 0 Å². The van der Waals surface area contributed by atoms with Crippen LogP contribution in [0.4, 0.5) is 0 Å². The molecule has 0 aliphatic heterocycles. The molecule has 98 valence electrons. The lowest BCUT2D eigenvalue weighted by Gasteiger charge is -2.11. The zero-order chi connectivity index (χ0) is 13.1. The summed E-state index contributed by atoms with van der Waals surface area (Å²) in [5.41, 5.74) is 3.65. The highest BCUT2D eigenvalue weighted by atomic mass is 16.3. The number of furan rings is 1. The first-order valence-corrected chi connectivity index (χ1v) is 6.92. The molecule has 0 fully saturated rings. The molecule has 0 radical (unpaired) electrons. The fraction of sp³-hybridized carbons (Fsp3) is 0.500. The van der Waals surface area contributed by atoms with Crippen molar-refractivity contribution in [2.45, 2.75) is 46.6 Å². The maximum atomic E-state index is 5.99. The van der Waals surface area contributed by atoms with E-state index in [-0.39, 0.29) is 6.04 Å². The van der Waals surface area contributed by atoms with Crippen LogP contribution in [0, 0.1) is 6.92 Å². The lowest BCUT2D eigenvalue weighted by atomic mass is 10.1. The van der Waals surface area contributed by atoms with Crippen LogP contribution >= 0.6 is 0 Å². The molecule has 0 amide bonds. The predicted octanol–water partition coefficient (Wildman–Crippen LogP) is 4.36. The first kappa shape index (κ1) is 13.2. The molecule has 1 aromatic heterocycles. The van der Waals surface area contributed by atoms with Crippen molar-refractivity contribution in [3.05, 3.63) is 35.1 Å². The standard InChI is InChI=1S/C16H23NO/c1-5-9-17-12(4)16-11(3)14-10-13(6-2)7-8-15(14)18-16/h7-8,10,12,17H,5-6,9H2,1-4H3. The van der Waals surface area contributed by atoms with Gasteiger partial charge in [-0.05, 0) is 56.5 Å². The molecule has 2 heteroatoms. The molecule has 0 spiro atoms. The second kappa shape index (κ2) is 5.57. The molecule has 2 aromatic rings. The molecule has 2 nitrogen and oxygen atoms in total. The van der Waals surface area contributed by atoms with Crippen LogP contribution in [0.25, 0.3) is 11.0 Å². The van der Waals surface area contributed by atoms with E-state index >= 15 is 0 Å². The van der Waals surface area contributed by atoms with Crippen molar-refractivity contribution in [2.75, 3.05) is 6.54 Å². The van der Waals surface area contributed by atoms with Crippen molar-refractivity contribution < 1.29 is 4.42 Å². The van der Waals surface area contributed by atoms with Crippen molar-refractivity contribution in [1.29, 1.82) is 0 Å². The van der Waals surface area contributed by atoms with Gasteiger partial charge in [-0.3, -0.25) is 0 Å². The van der Waals surface area contributed by atoms with Crippen LogP contribution in [0.5, 0.6) is 0 Å². The summed E-state index contributed by atoms with van der Waals surface area (Å²) in [7, 11) is 0. The van der Waals surface area contributed by atoms with Crippen LogP contribution in [0.2, 0.25) is 0 Å². The highest BCUT2D eigenvalue weighted by Crippen LogP contribution is 2.30. The second-order valence-corrected chi connectivity index (χ2v) is 4.95. The van der Waals surface area contributed by atoms with Gasteiger partial charge in [-0.1, -0.05) is 19.9 Å². The zero-order valence-corrected chi connectivity index (χ0v) is 11.8. The summed E-state index contributed by atoms with van der Waals surface area (Å²) in [6.45, 7) is 9.71. The summed E-state index contributed by atoms with van der Waals surface area (Å²) in [6.07, 6.45) is 2.21. The minimum absolute atomic E-state index is 0.280. The second-order valence-electron chi connectivity index (χ2n) is 4.95. The third-order valence-corrected chi connectivity index (χ3v) is 3.54. The highest BCUT2D eigenvalue weighted by molar-refractivity contribution is 5.82. The molecule has 2 rings (SSSR count). The van der Waals surface area contributed by atoms with Crippen molar-refractivity contribution in [2.24, 2.45) is 0 Å². The Morgan fingerprint density at radius 2 is 2.06 bits per heavy atom. The lowest BCUT2D eigenvalue weighted by Crippen LogP contribution is -2.19. The summed E-state index contributed by atoms with van der Waals surface area (Å²) in [5.74, 6) is 1.08. The van der Waals surface area contributed by atoms with E-state index in [2.05, 4.69) is 51.2 Å². The Balaban J connectivity index is 2.37. The zero-order valence-electron chi connectivity index (χ0n) is 11.8. The lowest BCUT2D eigenvalue weighted by molar-refractivity contribution is 0.448. The molecule has 1 unspecified atom stereocenters. The summed E-state index contributed by atoms with van der Waals surface area (Å²) >= 11 is 0. The average Bonchev–Trinajstić information content (AvgIpc) is 2.73. The van der Waals surface area contributed by atoms with Gasteiger partial charge in [-0.25, -0.2) is 0 Å². The first-order chi connectivity index (χ1) is 8.67. The number of nitrogens with one attached hydrogen (secondary N) is 1. The Labute approximate surface area is 109 Å². The monoisotopic (exact) mass is 245 g/mol. The molecule has 1 atom stereocenters. The van der Waals surface area contributed by atoms with Gasteiger partial charge in [-0.2, -0.15) is 0 Å². The number of rotatable bonds is 5. The summed E-state index contributed by atoms with van der Waals surface area (Å²) in [5, 5.41) is 4.74. The van der Waals surface area contributed by atoms with Gasteiger partial charge in [0, 0.05) is 5.39 Å². The van der Waals surface area contributed by atoms with E-state index in [1.54, 1.807) is 0 Å². The van der Waals surface area contributed by atoms with E-state index in [0.717, 1.165) is 30.7 Å². The van der Waals surface area contributed by atoms with E-state index < -0.39 is 0 Å². The van der Waals surface area contributed by atoms with Gasteiger partial charge in [0.15, 0.2) is 0 Å². The molecule has 1 N–H and O–H groups in total.